The van der Waals surface area contributed by atoms with Crippen molar-refractivity contribution in [1.82, 2.24) is 14.8 Å². The fraction of sp³-hybridized carbons (Fsp3) is 0.158. The van der Waals surface area contributed by atoms with E-state index in [9.17, 15) is 4.79 Å². The van der Waals surface area contributed by atoms with Crippen molar-refractivity contribution < 1.29 is 9.90 Å². The van der Waals surface area contributed by atoms with E-state index >= 15 is 0 Å². The van der Waals surface area contributed by atoms with Gasteiger partial charge >= 0.3 is 5.97 Å². The molecule has 1 N–H and O–H groups in total. The van der Waals surface area contributed by atoms with Gasteiger partial charge in [0.1, 0.15) is 0 Å². The molecule has 1 heterocycles. The Morgan fingerprint density at radius 1 is 1.19 bits per heavy atom. The van der Waals surface area contributed by atoms with Gasteiger partial charge in [-0.05, 0) is 36.8 Å². The molecule has 26 heavy (non-hydrogen) atoms. The topological polar surface area (TPSA) is 91.8 Å². The predicted octanol–water partition coefficient (Wildman–Crippen LogP) is 3.60. The first kappa shape index (κ1) is 17.7. The zero-order chi connectivity index (χ0) is 18.5. The lowest BCUT2D eigenvalue weighted by atomic mass is 10.1. The van der Waals surface area contributed by atoms with Crippen molar-refractivity contribution in [3.05, 3.63) is 65.7 Å². The summed E-state index contributed by atoms with van der Waals surface area (Å²) in [6.07, 6.45) is 0. The van der Waals surface area contributed by atoms with E-state index in [1.165, 1.54) is 0 Å². The van der Waals surface area contributed by atoms with Gasteiger partial charge in [0.15, 0.2) is 11.0 Å². The van der Waals surface area contributed by atoms with E-state index in [1.807, 2.05) is 54.0 Å². The summed E-state index contributed by atoms with van der Waals surface area (Å²) < 4.78 is 1.93. The molecule has 0 unspecified atom stereocenters. The van der Waals surface area contributed by atoms with Gasteiger partial charge in [0, 0.05) is 5.56 Å². The Labute approximate surface area is 155 Å². The normalized spacial score (nSPS) is 11.7. The van der Waals surface area contributed by atoms with Crippen LogP contribution in [0.1, 0.15) is 24.1 Å². The van der Waals surface area contributed by atoms with Crippen LogP contribution in [0.5, 0.6) is 0 Å². The van der Waals surface area contributed by atoms with E-state index in [2.05, 4.69) is 16.3 Å². The van der Waals surface area contributed by atoms with E-state index in [4.69, 9.17) is 10.4 Å². The number of nitriles is 1. The standard InChI is InChI=1S/C19H16N4O2S/c1-13(15-5-3-2-4-6-15)23-18(16-9-7-14(11-20)8-10-16)21-22-19(23)26-12-17(24)25/h2-10,13H,12H2,1H3,(H,24,25)/t13-/m0/s1. The van der Waals surface area contributed by atoms with E-state index in [0.717, 1.165) is 22.9 Å². The summed E-state index contributed by atoms with van der Waals surface area (Å²) in [7, 11) is 0. The number of hydrogen-bond acceptors (Lipinski definition) is 5. The fourth-order valence-corrected chi connectivity index (χ4v) is 3.36. The van der Waals surface area contributed by atoms with Crippen molar-refractivity contribution in [3.8, 4) is 17.5 Å². The van der Waals surface area contributed by atoms with E-state index < -0.39 is 5.97 Å². The summed E-state index contributed by atoms with van der Waals surface area (Å²) in [5.41, 5.74) is 2.46. The van der Waals surface area contributed by atoms with Gasteiger partial charge in [0.05, 0.1) is 23.4 Å². The maximum atomic E-state index is 11.0. The fourth-order valence-electron chi connectivity index (χ4n) is 2.62. The first-order valence-corrected chi connectivity index (χ1v) is 8.93. The molecule has 130 valence electrons. The van der Waals surface area contributed by atoms with Crippen LogP contribution < -0.4 is 0 Å². The number of aliphatic carboxylic acids is 1. The van der Waals surface area contributed by atoms with Crippen LogP contribution in [0.25, 0.3) is 11.4 Å². The first-order valence-electron chi connectivity index (χ1n) is 7.95. The average molecular weight is 364 g/mol. The van der Waals surface area contributed by atoms with E-state index in [0.29, 0.717) is 16.5 Å². The number of rotatable bonds is 6. The van der Waals surface area contributed by atoms with Crippen molar-refractivity contribution in [2.24, 2.45) is 0 Å². The van der Waals surface area contributed by atoms with Crippen LogP contribution in [0.3, 0.4) is 0 Å². The molecule has 1 atom stereocenters. The molecule has 1 aromatic heterocycles. The van der Waals surface area contributed by atoms with Crippen molar-refractivity contribution in [3.63, 3.8) is 0 Å². The van der Waals surface area contributed by atoms with Gasteiger partial charge in [-0.1, -0.05) is 42.1 Å². The van der Waals surface area contributed by atoms with Crippen LogP contribution in [0.15, 0.2) is 59.8 Å². The van der Waals surface area contributed by atoms with Crippen LogP contribution in [0, 0.1) is 11.3 Å². The molecule has 0 bridgehead atoms. The van der Waals surface area contributed by atoms with Crippen LogP contribution >= 0.6 is 11.8 Å². The van der Waals surface area contributed by atoms with Crippen molar-refractivity contribution in [2.75, 3.05) is 5.75 Å². The molecular formula is C19H16N4O2S. The molecule has 0 aliphatic rings. The number of carbonyl (C=O) groups is 1. The molecule has 0 saturated heterocycles. The average Bonchev–Trinajstić information content (AvgIpc) is 3.10. The van der Waals surface area contributed by atoms with Gasteiger partial charge < -0.3 is 5.11 Å². The molecule has 7 heteroatoms. The number of carboxylic acids is 1. The summed E-state index contributed by atoms with van der Waals surface area (Å²) in [4.78, 5) is 11.0. The summed E-state index contributed by atoms with van der Waals surface area (Å²) >= 11 is 1.14. The lowest BCUT2D eigenvalue weighted by Crippen LogP contribution is -2.11. The van der Waals surface area contributed by atoms with E-state index in [-0.39, 0.29) is 11.8 Å². The second-order valence-electron chi connectivity index (χ2n) is 5.63. The third-order valence-corrected chi connectivity index (χ3v) is 4.86. The van der Waals surface area contributed by atoms with Crippen LogP contribution in [0.4, 0.5) is 0 Å². The minimum absolute atomic E-state index is 0.0758. The summed E-state index contributed by atoms with van der Waals surface area (Å²) in [5.74, 6) is -0.358. The molecule has 0 aliphatic carbocycles. The number of carboxylic acid groups (broad SMARTS) is 1. The molecule has 0 aliphatic heterocycles. The Hall–Kier alpha value is -3.11. The SMILES string of the molecule is C[C@@H](c1ccccc1)n1c(SCC(=O)O)nnc1-c1ccc(C#N)cc1. The molecular weight excluding hydrogens is 348 g/mol. The number of thioether (sulfide) groups is 1. The van der Waals surface area contributed by atoms with Crippen molar-refractivity contribution in [2.45, 2.75) is 18.1 Å². The molecule has 0 spiro atoms. The minimum atomic E-state index is -0.906. The molecule has 3 aromatic rings. The molecule has 0 saturated carbocycles. The minimum Gasteiger partial charge on any atom is -0.481 e. The largest absolute Gasteiger partial charge is 0.481 e. The summed E-state index contributed by atoms with van der Waals surface area (Å²) in [6.45, 7) is 2.02. The van der Waals surface area contributed by atoms with Gasteiger partial charge in [0.25, 0.3) is 0 Å². The molecule has 6 nitrogen and oxygen atoms in total. The quantitative estimate of drug-likeness (QED) is 0.672. The number of aromatic nitrogens is 3. The monoisotopic (exact) mass is 364 g/mol. The maximum Gasteiger partial charge on any atom is 0.313 e. The third kappa shape index (κ3) is 3.76. The number of hydrogen-bond donors (Lipinski definition) is 1. The Morgan fingerprint density at radius 3 is 2.50 bits per heavy atom. The second kappa shape index (κ2) is 7.85. The van der Waals surface area contributed by atoms with E-state index in [1.54, 1.807) is 12.1 Å². The zero-order valence-electron chi connectivity index (χ0n) is 14.0. The highest BCUT2D eigenvalue weighted by molar-refractivity contribution is 7.99. The third-order valence-electron chi connectivity index (χ3n) is 3.93. The molecule has 2 aromatic carbocycles. The van der Waals surface area contributed by atoms with Crippen LogP contribution in [0.2, 0.25) is 0 Å². The van der Waals surface area contributed by atoms with Crippen LogP contribution in [-0.2, 0) is 4.79 Å². The number of benzene rings is 2. The van der Waals surface area contributed by atoms with Gasteiger partial charge in [-0.25, -0.2) is 0 Å². The lowest BCUT2D eigenvalue weighted by Gasteiger charge is -2.18. The predicted molar refractivity (Wildman–Crippen MR) is 98.8 cm³/mol. The van der Waals surface area contributed by atoms with Gasteiger partial charge in [-0.15, -0.1) is 10.2 Å². The van der Waals surface area contributed by atoms with Gasteiger partial charge in [0.2, 0.25) is 0 Å². The highest BCUT2D eigenvalue weighted by Gasteiger charge is 2.21. The molecule has 0 radical (unpaired) electrons. The smallest absolute Gasteiger partial charge is 0.313 e. The summed E-state index contributed by atoms with van der Waals surface area (Å²) in [6, 6.07) is 19.0. The molecule has 3 rings (SSSR count). The highest BCUT2D eigenvalue weighted by Crippen LogP contribution is 2.31. The maximum absolute atomic E-state index is 11.0. The Morgan fingerprint density at radius 2 is 1.88 bits per heavy atom. The van der Waals surface area contributed by atoms with Gasteiger partial charge in [-0.3, -0.25) is 9.36 Å². The van der Waals surface area contributed by atoms with Crippen molar-refractivity contribution >= 4 is 17.7 Å². The Balaban J connectivity index is 2.06. The zero-order valence-corrected chi connectivity index (χ0v) is 14.8. The molecule has 0 fully saturated rings. The Kier molecular flexibility index (Phi) is 5.34. The van der Waals surface area contributed by atoms with Gasteiger partial charge in [-0.2, -0.15) is 5.26 Å². The highest BCUT2D eigenvalue weighted by atomic mass is 32.2. The molecule has 0 amide bonds. The van der Waals surface area contributed by atoms with Crippen molar-refractivity contribution in [1.29, 1.82) is 5.26 Å². The lowest BCUT2D eigenvalue weighted by molar-refractivity contribution is -0.133. The summed E-state index contributed by atoms with van der Waals surface area (Å²) in [5, 5.41) is 27.0. The number of nitrogens with zero attached hydrogens (tertiary/aromatic N) is 4. The Bertz CT molecular complexity index is 946. The second-order valence-corrected chi connectivity index (χ2v) is 6.58. The van der Waals surface area contributed by atoms with Crippen LogP contribution in [-0.4, -0.2) is 31.6 Å². The first-order chi connectivity index (χ1) is 12.6.